The number of morpholine rings is 1. The van der Waals surface area contributed by atoms with Gasteiger partial charge < -0.3 is 15.0 Å². The van der Waals surface area contributed by atoms with Crippen LogP contribution in [-0.4, -0.2) is 41.2 Å². The number of carbonyl (C=O) groups is 1. The van der Waals surface area contributed by atoms with Crippen LogP contribution < -0.4 is 10.2 Å². The second-order valence-corrected chi connectivity index (χ2v) is 8.88. The molecule has 6 nitrogen and oxygen atoms in total. The van der Waals surface area contributed by atoms with Gasteiger partial charge in [0.1, 0.15) is 15.7 Å². The van der Waals surface area contributed by atoms with Crippen molar-refractivity contribution in [1.82, 2.24) is 9.97 Å². The SMILES string of the molecule is Cc1nc(-c2cccs2)sc1C(=O)Nc1ccc(N2CC(C)OC(C)C2)nc1. The fourth-order valence-electron chi connectivity index (χ4n) is 3.31. The zero-order chi connectivity index (χ0) is 19.7. The second kappa shape index (κ2) is 7.98. The van der Waals surface area contributed by atoms with Gasteiger partial charge in [-0.15, -0.1) is 22.7 Å². The quantitative estimate of drug-likeness (QED) is 0.684. The maximum Gasteiger partial charge on any atom is 0.267 e. The lowest BCUT2D eigenvalue weighted by molar-refractivity contribution is -0.00545. The predicted octanol–water partition coefficient (Wildman–Crippen LogP) is 4.44. The number of anilines is 2. The number of aromatic nitrogens is 2. The van der Waals surface area contributed by atoms with Gasteiger partial charge in [-0.2, -0.15) is 0 Å². The summed E-state index contributed by atoms with van der Waals surface area (Å²) in [5, 5.41) is 5.82. The molecule has 3 aromatic rings. The molecule has 0 radical (unpaired) electrons. The van der Waals surface area contributed by atoms with Gasteiger partial charge in [-0.1, -0.05) is 6.07 Å². The Labute approximate surface area is 172 Å². The smallest absolute Gasteiger partial charge is 0.267 e. The number of ether oxygens (including phenoxy) is 1. The zero-order valence-electron chi connectivity index (χ0n) is 16.0. The Bertz CT molecular complexity index is 943. The molecule has 2 unspecified atom stereocenters. The lowest BCUT2D eigenvalue weighted by atomic mass is 10.2. The zero-order valence-corrected chi connectivity index (χ0v) is 17.6. The van der Waals surface area contributed by atoms with Gasteiger partial charge in [0.2, 0.25) is 0 Å². The molecule has 28 heavy (non-hydrogen) atoms. The van der Waals surface area contributed by atoms with Crippen LogP contribution >= 0.6 is 22.7 Å². The maximum atomic E-state index is 12.7. The molecule has 8 heteroatoms. The van der Waals surface area contributed by atoms with Gasteiger partial charge in [0.25, 0.3) is 5.91 Å². The van der Waals surface area contributed by atoms with Crippen LogP contribution in [0.5, 0.6) is 0 Å². The van der Waals surface area contributed by atoms with Crippen LogP contribution in [0, 0.1) is 6.92 Å². The number of carbonyl (C=O) groups excluding carboxylic acids is 1. The Morgan fingerprint density at radius 3 is 2.68 bits per heavy atom. The second-order valence-electron chi connectivity index (χ2n) is 6.93. The lowest BCUT2D eigenvalue weighted by Crippen LogP contribution is -2.45. The lowest BCUT2D eigenvalue weighted by Gasteiger charge is -2.36. The van der Waals surface area contributed by atoms with Crippen molar-refractivity contribution in [3.8, 4) is 9.88 Å². The Morgan fingerprint density at radius 1 is 1.25 bits per heavy atom. The number of nitrogens with one attached hydrogen (secondary N) is 1. The minimum atomic E-state index is -0.152. The summed E-state index contributed by atoms with van der Waals surface area (Å²) in [5.74, 6) is 0.745. The van der Waals surface area contributed by atoms with E-state index in [0.717, 1.165) is 34.5 Å². The molecule has 4 heterocycles. The molecule has 1 amide bonds. The molecule has 0 aliphatic carbocycles. The highest BCUT2D eigenvalue weighted by Crippen LogP contribution is 2.31. The summed E-state index contributed by atoms with van der Waals surface area (Å²) in [5.41, 5.74) is 1.42. The molecule has 0 spiro atoms. The van der Waals surface area contributed by atoms with Gasteiger partial charge in [-0.05, 0) is 44.4 Å². The van der Waals surface area contributed by atoms with Crippen molar-refractivity contribution in [2.45, 2.75) is 33.0 Å². The summed E-state index contributed by atoms with van der Waals surface area (Å²) in [7, 11) is 0. The first kappa shape index (κ1) is 19.0. The summed E-state index contributed by atoms with van der Waals surface area (Å²) in [6, 6.07) is 7.83. The average molecular weight is 415 g/mol. The molecule has 2 atom stereocenters. The topological polar surface area (TPSA) is 67.4 Å². The first-order chi connectivity index (χ1) is 13.5. The van der Waals surface area contributed by atoms with E-state index in [1.165, 1.54) is 11.3 Å². The van der Waals surface area contributed by atoms with Crippen LogP contribution in [0.15, 0.2) is 35.8 Å². The van der Waals surface area contributed by atoms with E-state index in [1.807, 2.05) is 36.6 Å². The van der Waals surface area contributed by atoms with Crippen molar-refractivity contribution in [3.05, 3.63) is 46.4 Å². The van der Waals surface area contributed by atoms with Crippen LogP contribution in [0.1, 0.15) is 29.2 Å². The van der Waals surface area contributed by atoms with Gasteiger partial charge >= 0.3 is 0 Å². The summed E-state index contributed by atoms with van der Waals surface area (Å²) in [6.07, 6.45) is 2.06. The van der Waals surface area contributed by atoms with Gasteiger partial charge in [-0.25, -0.2) is 9.97 Å². The van der Waals surface area contributed by atoms with E-state index >= 15 is 0 Å². The highest BCUT2D eigenvalue weighted by molar-refractivity contribution is 7.22. The monoisotopic (exact) mass is 414 g/mol. The molecular weight excluding hydrogens is 392 g/mol. The first-order valence-electron chi connectivity index (χ1n) is 9.18. The molecule has 1 saturated heterocycles. The third-order valence-electron chi connectivity index (χ3n) is 4.48. The molecule has 1 fully saturated rings. The molecule has 3 aromatic heterocycles. The van der Waals surface area contributed by atoms with Gasteiger partial charge in [0, 0.05) is 13.1 Å². The van der Waals surface area contributed by atoms with Crippen LogP contribution in [0.3, 0.4) is 0 Å². The first-order valence-corrected chi connectivity index (χ1v) is 10.9. The number of hydrogen-bond acceptors (Lipinski definition) is 7. The van der Waals surface area contributed by atoms with E-state index < -0.39 is 0 Å². The minimum absolute atomic E-state index is 0.152. The van der Waals surface area contributed by atoms with Crippen molar-refractivity contribution >= 4 is 40.1 Å². The molecule has 0 bridgehead atoms. The number of hydrogen-bond donors (Lipinski definition) is 1. The molecule has 1 aliphatic rings. The average Bonchev–Trinajstić information content (AvgIpc) is 3.31. The van der Waals surface area contributed by atoms with Crippen LogP contribution in [-0.2, 0) is 4.74 Å². The fraction of sp³-hybridized carbons (Fsp3) is 0.350. The number of aryl methyl sites for hydroxylation is 1. The molecule has 4 rings (SSSR count). The van der Waals surface area contributed by atoms with Crippen molar-refractivity contribution in [1.29, 1.82) is 0 Å². The largest absolute Gasteiger partial charge is 0.372 e. The van der Waals surface area contributed by atoms with Crippen LogP contribution in [0.25, 0.3) is 9.88 Å². The van der Waals surface area contributed by atoms with Crippen molar-refractivity contribution < 1.29 is 9.53 Å². The Hall–Kier alpha value is -2.29. The molecule has 0 saturated carbocycles. The Morgan fingerprint density at radius 2 is 2.04 bits per heavy atom. The summed E-state index contributed by atoms with van der Waals surface area (Å²) in [4.78, 5) is 25.7. The van der Waals surface area contributed by atoms with Gasteiger partial charge in [0.15, 0.2) is 0 Å². The molecule has 0 aromatic carbocycles. The number of rotatable bonds is 4. The number of pyridine rings is 1. The van der Waals surface area contributed by atoms with Gasteiger partial charge in [-0.3, -0.25) is 4.79 Å². The summed E-state index contributed by atoms with van der Waals surface area (Å²) >= 11 is 3.04. The van der Waals surface area contributed by atoms with E-state index in [4.69, 9.17) is 4.74 Å². The number of thiophene rings is 1. The highest BCUT2D eigenvalue weighted by atomic mass is 32.1. The maximum absolute atomic E-state index is 12.7. The highest BCUT2D eigenvalue weighted by Gasteiger charge is 2.23. The van der Waals surface area contributed by atoms with Crippen LogP contribution in [0.4, 0.5) is 11.5 Å². The third-order valence-corrected chi connectivity index (χ3v) is 6.68. The molecule has 146 valence electrons. The Balaban J connectivity index is 1.45. The van der Waals surface area contributed by atoms with E-state index in [0.29, 0.717) is 10.6 Å². The molecule has 1 N–H and O–H groups in total. The van der Waals surface area contributed by atoms with Gasteiger partial charge in [0.05, 0.1) is 34.7 Å². The van der Waals surface area contributed by atoms with Crippen molar-refractivity contribution in [2.75, 3.05) is 23.3 Å². The van der Waals surface area contributed by atoms with E-state index in [-0.39, 0.29) is 18.1 Å². The standard InChI is InChI=1S/C20H22N4O2S2/c1-12-10-24(11-13(2)26-12)17-7-6-15(9-21-17)23-19(25)18-14(3)22-20(28-18)16-5-4-8-27-16/h4-9,12-13H,10-11H2,1-3H3,(H,23,25). The number of nitrogens with zero attached hydrogens (tertiary/aromatic N) is 3. The fourth-order valence-corrected chi connectivity index (χ4v) is 5.07. The minimum Gasteiger partial charge on any atom is -0.372 e. The summed E-state index contributed by atoms with van der Waals surface area (Å²) < 4.78 is 5.77. The van der Waals surface area contributed by atoms with Crippen molar-refractivity contribution in [3.63, 3.8) is 0 Å². The molecular formula is C20H22N4O2S2. The number of thiazole rings is 1. The van der Waals surface area contributed by atoms with Crippen LogP contribution in [0.2, 0.25) is 0 Å². The Kier molecular flexibility index (Phi) is 5.43. The van der Waals surface area contributed by atoms with Crippen molar-refractivity contribution in [2.24, 2.45) is 0 Å². The predicted molar refractivity (Wildman–Crippen MR) is 115 cm³/mol. The molecule has 1 aliphatic heterocycles. The van der Waals surface area contributed by atoms with E-state index in [9.17, 15) is 4.79 Å². The van der Waals surface area contributed by atoms with E-state index in [1.54, 1.807) is 17.5 Å². The summed E-state index contributed by atoms with van der Waals surface area (Å²) in [6.45, 7) is 7.63. The van der Waals surface area contributed by atoms with E-state index in [2.05, 4.69) is 34.0 Å². The number of amides is 1. The third kappa shape index (κ3) is 4.09. The normalized spacial score (nSPS) is 19.6.